The molecular formula is C9H15N3O. The van der Waals surface area contributed by atoms with Crippen LogP contribution >= 0.6 is 0 Å². The van der Waals surface area contributed by atoms with Crippen LogP contribution in [0.5, 0.6) is 0 Å². The third-order valence-corrected chi connectivity index (χ3v) is 2.29. The Bertz CT molecular complexity index is 304. The van der Waals surface area contributed by atoms with Gasteiger partial charge in [-0.25, -0.2) is 4.68 Å². The van der Waals surface area contributed by atoms with Crippen molar-refractivity contribution < 1.29 is 4.79 Å². The number of Topliss-reactive ketones (excluding diaryl/α,β-unsaturated/α-hetero) is 1. The summed E-state index contributed by atoms with van der Waals surface area (Å²) in [5.41, 5.74) is 0.584. The number of hydrogen-bond donors (Lipinski definition) is 0. The molecule has 1 unspecified atom stereocenters. The number of carbonyl (C=O) groups excluding carboxylic acids is 1. The first-order chi connectivity index (χ1) is 6.04. The second kappa shape index (κ2) is 3.68. The molecule has 1 aromatic rings. The number of aromatic nitrogens is 3. The molecule has 0 saturated carbocycles. The summed E-state index contributed by atoms with van der Waals surface area (Å²) in [6.45, 7) is 7.75. The van der Waals surface area contributed by atoms with Gasteiger partial charge in [-0.05, 0) is 12.8 Å². The van der Waals surface area contributed by atoms with Crippen molar-refractivity contribution in [1.29, 1.82) is 0 Å². The Kier molecular flexibility index (Phi) is 2.80. The average molecular weight is 181 g/mol. The molecule has 1 aromatic heterocycles. The van der Waals surface area contributed by atoms with Crippen molar-refractivity contribution in [2.24, 2.45) is 5.92 Å². The molecule has 0 saturated heterocycles. The van der Waals surface area contributed by atoms with Crippen molar-refractivity contribution in [2.45, 2.75) is 33.7 Å². The van der Waals surface area contributed by atoms with E-state index in [2.05, 4.69) is 24.2 Å². The van der Waals surface area contributed by atoms with E-state index in [1.807, 2.05) is 6.92 Å². The van der Waals surface area contributed by atoms with Crippen LogP contribution in [0.1, 0.15) is 44.2 Å². The van der Waals surface area contributed by atoms with E-state index in [9.17, 15) is 4.79 Å². The van der Waals surface area contributed by atoms with Gasteiger partial charge in [-0.1, -0.05) is 19.1 Å². The van der Waals surface area contributed by atoms with Crippen LogP contribution in [-0.2, 0) is 0 Å². The minimum atomic E-state index is 0.0116. The zero-order chi connectivity index (χ0) is 10.0. The van der Waals surface area contributed by atoms with E-state index in [0.717, 1.165) is 0 Å². The molecule has 0 aliphatic rings. The van der Waals surface area contributed by atoms with Crippen LogP contribution in [0.25, 0.3) is 0 Å². The Hall–Kier alpha value is -1.19. The van der Waals surface area contributed by atoms with E-state index in [1.54, 1.807) is 4.68 Å². The second-order valence-corrected chi connectivity index (χ2v) is 3.60. The van der Waals surface area contributed by atoms with Crippen molar-refractivity contribution in [2.75, 3.05) is 0 Å². The summed E-state index contributed by atoms with van der Waals surface area (Å²) in [5, 5.41) is 7.64. The quantitative estimate of drug-likeness (QED) is 0.667. The lowest BCUT2D eigenvalue weighted by molar-refractivity contribution is 0.0999. The third kappa shape index (κ3) is 1.94. The van der Waals surface area contributed by atoms with E-state index < -0.39 is 0 Å². The lowest BCUT2D eigenvalue weighted by Crippen LogP contribution is -2.17. The summed E-state index contributed by atoms with van der Waals surface area (Å²) in [5.74, 6) is 0.456. The van der Waals surface area contributed by atoms with Crippen LogP contribution in [0, 0.1) is 5.92 Å². The van der Waals surface area contributed by atoms with Gasteiger partial charge in [0.2, 0.25) is 0 Å². The Morgan fingerprint density at radius 3 is 2.54 bits per heavy atom. The molecular weight excluding hydrogens is 166 g/mol. The van der Waals surface area contributed by atoms with Crippen molar-refractivity contribution in [3.05, 3.63) is 11.9 Å². The predicted molar refractivity (Wildman–Crippen MR) is 49.6 cm³/mol. The van der Waals surface area contributed by atoms with Gasteiger partial charge in [0.15, 0.2) is 5.78 Å². The van der Waals surface area contributed by atoms with Crippen molar-refractivity contribution in [3.8, 4) is 0 Å². The van der Waals surface area contributed by atoms with Crippen molar-refractivity contribution >= 4 is 5.78 Å². The van der Waals surface area contributed by atoms with E-state index in [0.29, 0.717) is 11.6 Å². The highest BCUT2D eigenvalue weighted by molar-refractivity contribution is 5.91. The first kappa shape index (κ1) is 9.89. The van der Waals surface area contributed by atoms with Crippen molar-refractivity contribution in [1.82, 2.24) is 15.0 Å². The Labute approximate surface area is 77.9 Å². The molecule has 1 atom stereocenters. The van der Waals surface area contributed by atoms with Gasteiger partial charge >= 0.3 is 0 Å². The zero-order valence-corrected chi connectivity index (χ0v) is 8.48. The average Bonchev–Trinajstić information content (AvgIpc) is 2.50. The molecule has 0 aliphatic carbocycles. The van der Waals surface area contributed by atoms with Crippen LogP contribution < -0.4 is 0 Å². The van der Waals surface area contributed by atoms with Gasteiger partial charge in [-0.15, -0.1) is 5.10 Å². The molecule has 0 bridgehead atoms. The van der Waals surface area contributed by atoms with E-state index in [-0.39, 0.29) is 11.8 Å². The van der Waals surface area contributed by atoms with Crippen molar-refractivity contribution in [3.63, 3.8) is 0 Å². The fraction of sp³-hybridized carbons (Fsp3) is 0.667. The minimum Gasteiger partial charge on any atom is -0.293 e. The molecule has 13 heavy (non-hydrogen) atoms. The van der Waals surface area contributed by atoms with Gasteiger partial charge < -0.3 is 0 Å². The molecule has 0 aromatic carbocycles. The summed E-state index contributed by atoms with van der Waals surface area (Å²) in [4.78, 5) is 11.2. The number of hydrogen-bond acceptors (Lipinski definition) is 3. The fourth-order valence-corrected chi connectivity index (χ4v) is 1.08. The van der Waals surface area contributed by atoms with E-state index in [4.69, 9.17) is 0 Å². The SMILES string of the molecule is CC(=O)c1cnnn1C(C)C(C)C. The van der Waals surface area contributed by atoms with E-state index >= 15 is 0 Å². The zero-order valence-electron chi connectivity index (χ0n) is 8.48. The summed E-state index contributed by atoms with van der Waals surface area (Å²) < 4.78 is 1.69. The van der Waals surface area contributed by atoms with E-state index in [1.165, 1.54) is 13.1 Å². The standard InChI is InChI=1S/C9H15N3O/c1-6(2)7(3)12-9(8(4)13)5-10-11-12/h5-7H,1-4H3. The number of carbonyl (C=O) groups is 1. The van der Waals surface area contributed by atoms with Crippen LogP contribution in [0.4, 0.5) is 0 Å². The van der Waals surface area contributed by atoms with Crippen LogP contribution in [0.3, 0.4) is 0 Å². The number of nitrogens with zero attached hydrogens (tertiary/aromatic N) is 3. The highest BCUT2D eigenvalue weighted by atomic mass is 16.1. The highest BCUT2D eigenvalue weighted by Crippen LogP contribution is 2.17. The molecule has 72 valence electrons. The first-order valence-electron chi connectivity index (χ1n) is 4.45. The molecule has 1 rings (SSSR count). The maximum Gasteiger partial charge on any atom is 0.179 e. The van der Waals surface area contributed by atoms with Crippen LogP contribution in [0.2, 0.25) is 0 Å². The van der Waals surface area contributed by atoms with Gasteiger partial charge in [0, 0.05) is 6.92 Å². The minimum absolute atomic E-state index is 0.0116. The Morgan fingerprint density at radius 1 is 1.46 bits per heavy atom. The van der Waals surface area contributed by atoms with Gasteiger partial charge in [-0.3, -0.25) is 4.79 Å². The topological polar surface area (TPSA) is 47.8 Å². The highest BCUT2D eigenvalue weighted by Gasteiger charge is 2.16. The van der Waals surface area contributed by atoms with Gasteiger partial charge in [-0.2, -0.15) is 0 Å². The molecule has 0 spiro atoms. The Morgan fingerprint density at radius 2 is 2.08 bits per heavy atom. The van der Waals surface area contributed by atoms with Crippen LogP contribution in [0.15, 0.2) is 6.20 Å². The summed E-state index contributed by atoms with van der Waals surface area (Å²) in [7, 11) is 0. The second-order valence-electron chi connectivity index (χ2n) is 3.60. The molecule has 0 fully saturated rings. The first-order valence-corrected chi connectivity index (χ1v) is 4.45. The predicted octanol–water partition coefficient (Wildman–Crippen LogP) is 1.70. The monoisotopic (exact) mass is 181 g/mol. The molecule has 0 amide bonds. The Balaban J connectivity index is 3.00. The smallest absolute Gasteiger partial charge is 0.179 e. The van der Waals surface area contributed by atoms with Gasteiger partial charge in [0.1, 0.15) is 5.69 Å². The molecule has 4 heteroatoms. The summed E-state index contributed by atoms with van der Waals surface area (Å²) in [6, 6.07) is 0.210. The fourth-order valence-electron chi connectivity index (χ4n) is 1.08. The maximum atomic E-state index is 11.2. The molecule has 4 nitrogen and oxygen atoms in total. The third-order valence-electron chi connectivity index (χ3n) is 2.29. The lowest BCUT2D eigenvalue weighted by atomic mass is 10.1. The molecule has 0 radical (unpaired) electrons. The van der Waals surface area contributed by atoms with Crippen LogP contribution in [-0.4, -0.2) is 20.8 Å². The molecule has 1 heterocycles. The normalized spacial score (nSPS) is 13.3. The molecule has 0 N–H and O–H groups in total. The number of rotatable bonds is 3. The summed E-state index contributed by atoms with van der Waals surface area (Å²) >= 11 is 0. The summed E-state index contributed by atoms with van der Waals surface area (Å²) in [6.07, 6.45) is 1.52. The van der Waals surface area contributed by atoms with Gasteiger partial charge in [0.05, 0.1) is 12.2 Å². The number of ketones is 1. The maximum absolute atomic E-state index is 11.2. The largest absolute Gasteiger partial charge is 0.293 e. The molecule has 0 aliphatic heterocycles. The lowest BCUT2D eigenvalue weighted by Gasteiger charge is -2.16. The van der Waals surface area contributed by atoms with Gasteiger partial charge in [0.25, 0.3) is 0 Å².